The summed E-state index contributed by atoms with van der Waals surface area (Å²) in [6.45, 7) is 0. The van der Waals surface area contributed by atoms with Crippen LogP contribution in [0.2, 0.25) is 0 Å². The van der Waals surface area contributed by atoms with Crippen LogP contribution in [0.15, 0.2) is 17.0 Å². The lowest BCUT2D eigenvalue weighted by Crippen LogP contribution is -2.31. The van der Waals surface area contributed by atoms with E-state index >= 15 is 0 Å². The fourth-order valence-electron chi connectivity index (χ4n) is 0.946. The highest BCUT2D eigenvalue weighted by Crippen LogP contribution is 2.19. The van der Waals surface area contributed by atoms with Crippen LogP contribution in [0.1, 0.15) is 10.4 Å². The second kappa shape index (κ2) is 4.12. The van der Waals surface area contributed by atoms with Gasteiger partial charge in [-0.15, -0.1) is 4.83 Å². The molecule has 9 heteroatoms. The van der Waals surface area contributed by atoms with Gasteiger partial charge in [-0.05, 0) is 12.1 Å². The number of aromatic carboxylic acids is 1. The van der Waals surface area contributed by atoms with Crippen molar-refractivity contribution in [3.63, 3.8) is 0 Å². The van der Waals surface area contributed by atoms with Crippen molar-refractivity contribution in [2.45, 2.75) is 4.90 Å². The van der Waals surface area contributed by atoms with E-state index in [-0.39, 0.29) is 0 Å². The minimum absolute atomic E-state index is 0.368. The number of carboxylic acids is 1. The molecule has 1 aromatic rings. The molecule has 0 unspecified atom stereocenters. The number of nitrogens with two attached hydrogens (primary N) is 1. The highest BCUT2D eigenvalue weighted by atomic mass is 32.2. The van der Waals surface area contributed by atoms with Gasteiger partial charge in [-0.25, -0.2) is 22.0 Å². The second-order valence-corrected chi connectivity index (χ2v) is 4.38. The van der Waals surface area contributed by atoms with E-state index in [1.165, 1.54) is 4.83 Å². The second-order valence-electron chi connectivity index (χ2n) is 2.70. The first-order valence-electron chi connectivity index (χ1n) is 3.74. The predicted molar refractivity (Wildman–Crippen MR) is 47.8 cm³/mol. The molecule has 88 valence electrons. The summed E-state index contributed by atoms with van der Waals surface area (Å²) in [4.78, 5) is 10.6. The Kier molecular flexibility index (Phi) is 3.21. The van der Waals surface area contributed by atoms with Crippen molar-refractivity contribution in [3.05, 3.63) is 29.3 Å². The van der Waals surface area contributed by atoms with Crippen molar-refractivity contribution in [1.29, 1.82) is 0 Å². The van der Waals surface area contributed by atoms with Gasteiger partial charge in [0.1, 0.15) is 4.90 Å². The Hall–Kier alpha value is -1.58. The standard InChI is InChI=1S/C7H6F2N2O4S/c8-4-1-3(7(12)13)2-5(6(4)9)16(14,15)11-10/h1-2,11H,10H2,(H,12,13). The van der Waals surface area contributed by atoms with Crippen LogP contribution in [-0.2, 0) is 10.0 Å². The van der Waals surface area contributed by atoms with Crippen LogP contribution in [0.4, 0.5) is 8.78 Å². The summed E-state index contributed by atoms with van der Waals surface area (Å²) >= 11 is 0. The summed E-state index contributed by atoms with van der Waals surface area (Å²) in [5.74, 6) is -0.262. The molecule has 0 fully saturated rings. The SMILES string of the molecule is NNS(=O)(=O)c1cc(C(=O)O)cc(F)c1F. The lowest BCUT2D eigenvalue weighted by Gasteiger charge is -2.05. The molecular formula is C7H6F2N2O4S. The Balaban J connectivity index is 3.57. The van der Waals surface area contributed by atoms with Gasteiger partial charge in [0.05, 0.1) is 5.56 Å². The summed E-state index contributed by atoms with van der Waals surface area (Å²) < 4.78 is 48.2. The number of halogens is 2. The van der Waals surface area contributed by atoms with E-state index in [0.29, 0.717) is 12.1 Å². The molecule has 0 spiro atoms. The van der Waals surface area contributed by atoms with Crippen LogP contribution in [0.25, 0.3) is 0 Å². The number of nitrogens with one attached hydrogen (secondary N) is 1. The number of rotatable bonds is 3. The van der Waals surface area contributed by atoms with E-state index in [1.807, 2.05) is 0 Å². The molecule has 0 aliphatic heterocycles. The molecule has 6 nitrogen and oxygen atoms in total. The molecule has 0 amide bonds. The van der Waals surface area contributed by atoms with Gasteiger partial charge in [-0.2, -0.15) is 0 Å². The first kappa shape index (κ1) is 12.5. The highest BCUT2D eigenvalue weighted by Gasteiger charge is 2.23. The summed E-state index contributed by atoms with van der Waals surface area (Å²) in [5.41, 5.74) is -0.701. The Bertz CT molecular complexity index is 544. The number of carboxylic acid groups (broad SMARTS) is 1. The number of hydrogen-bond donors (Lipinski definition) is 3. The Morgan fingerprint density at radius 2 is 1.94 bits per heavy atom. The smallest absolute Gasteiger partial charge is 0.335 e. The lowest BCUT2D eigenvalue weighted by atomic mass is 10.2. The third-order valence-electron chi connectivity index (χ3n) is 1.69. The molecule has 0 aromatic heterocycles. The highest BCUT2D eigenvalue weighted by molar-refractivity contribution is 7.89. The van der Waals surface area contributed by atoms with Gasteiger partial charge < -0.3 is 5.11 Å². The van der Waals surface area contributed by atoms with Crippen molar-refractivity contribution < 1.29 is 27.1 Å². The minimum atomic E-state index is -4.46. The average molecular weight is 252 g/mol. The number of carbonyl (C=O) groups is 1. The lowest BCUT2D eigenvalue weighted by molar-refractivity contribution is 0.0696. The predicted octanol–water partition coefficient (Wildman–Crippen LogP) is -0.185. The maximum atomic E-state index is 13.1. The zero-order chi connectivity index (χ0) is 12.5. The monoisotopic (exact) mass is 252 g/mol. The molecule has 0 radical (unpaired) electrons. The normalized spacial score (nSPS) is 11.4. The van der Waals surface area contributed by atoms with E-state index in [0.717, 1.165) is 0 Å². The Morgan fingerprint density at radius 1 is 1.38 bits per heavy atom. The van der Waals surface area contributed by atoms with Gasteiger partial charge >= 0.3 is 5.97 Å². The van der Waals surface area contributed by atoms with Crippen LogP contribution in [0, 0.1) is 11.6 Å². The third kappa shape index (κ3) is 2.15. The van der Waals surface area contributed by atoms with Crippen LogP contribution in [0.3, 0.4) is 0 Å². The van der Waals surface area contributed by atoms with Gasteiger partial charge in [0.25, 0.3) is 10.0 Å². The molecule has 0 saturated heterocycles. The molecule has 1 aromatic carbocycles. The number of hydrogen-bond acceptors (Lipinski definition) is 4. The molecule has 0 atom stereocenters. The summed E-state index contributed by atoms with van der Waals surface area (Å²) in [7, 11) is -4.46. The summed E-state index contributed by atoms with van der Waals surface area (Å²) in [6.07, 6.45) is 0. The van der Waals surface area contributed by atoms with Crippen molar-refractivity contribution in [1.82, 2.24) is 4.83 Å². The van der Waals surface area contributed by atoms with Crippen LogP contribution in [-0.4, -0.2) is 19.5 Å². The van der Waals surface area contributed by atoms with Crippen molar-refractivity contribution in [2.24, 2.45) is 5.84 Å². The van der Waals surface area contributed by atoms with Gasteiger partial charge in [-0.3, -0.25) is 5.84 Å². The maximum absolute atomic E-state index is 13.1. The van der Waals surface area contributed by atoms with Crippen molar-refractivity contribution in [2.75, 3.05) is 0 Å². The van der Waals surface area contributed by atoms with E-state index < -0.39 is 38.1 Å². The van der Waals surface area contributed by atoms with Crippen molar-refractivity contribution in [3.8, 4) is 0 Å². The fourth-order valence-corrected chi connectivity index (χ4v) is 1.69. The molecule has 16 heavy (non-hydrogen) atoms. The Labute approximate surface area is 88.7 Å². The molecule has 0 aliphatic carbocycles. The topological polar surface area (TPSA) is 109 Å². The third-order valence-corrected chi connectivity index (χ3v) is 2.87. The zero-order valence-electron chi connectivity index (χ0n) is 7.57. The van der Waals surface area contributed by atoms with Gasteiger partial charge in [-0.1, -0.05) is 0 Å². The minimum Gasteiger partial charge on any atom is -0.478 e. The molecule has 0 aliphatic rings. The molecule has 0 heterocycles. The quantitative estimate of drug-likeness (QED) is 0.510. The van der Waals surface area contributed by atoms with Crippen LogP contribution in [0.5, 0.6) is 0 Å². The molecule has 4 N–H and O–H groups in total. The summed E-state index contributed by atoms with van der Waals surface area (Å²) in [5, 5.41) is 8.53. The first-order valence-corrected chi connectivity index (χ1v) is 5.22. The molecule has 0 saturated carbocycles. The van der Waals surface area contributed by atoms with Crippen LogP contribution >= 0.6 is 0 Å². The largest absolute Gasteiger partial charge is 0.478 e. The van der Waals surface area contributed by atoms with Gasteiger partial charge in [0, 0.05) is 0 Å². The van der Waals surface area contributed by atoms with Crippen molar-refractivity contribution >= 4 is 16.0 Å². The maximum Gasteiger partial charge on any atom is 0.335 e. The zero-order valence-corrected chi connectivity index (χ0v) is 8.38. The van der Waals surface area contributed by atoms with E-state index in [4.69, 9.17) is 5.11 Å². The van der Waals surface area contributed by atoms with E-state index in [9.17, 15) is 22.0 Å². The molecule has 1 rings (SSSR count). The van der Waals surface area contributed by atoms with Crippen LogP contribution < -0.4 is 10.7 Å². The summed E-state index contributed by atoms with van der Waals surface area (Å²) in [6, 6.07) is 0.836. The number of benzene rings is 1. The number of hydrazine groups is 1. The Morgan fingerprint density at radius 3 is 2.38 bits per heavy atom. The van der Waals surface area contributed by atoms with Gasteiger partial charge in [0.15, 0.2) is 11.6 Å². The number of sulfonamides is 1. The fraction of sp³-hybridized carbons (Fsp3) is 0. The van der Waals surface area contributed by atoms with E-state index in [2.05, 4.69) is 5.84 Å². The first-order chi connectivity index (χ1) is 7.29. The van der Waals surface area contributed by atoms with E-state index in [1.54, 1.807) is 0 Å². The molecule has 0 bridgehead atoms. The van der Waals surface area contributed by atoms with Gasteiger partial charge in [0.2, 0.25) is 0 Å². The average Bonchev–Trinajstić information content (AvgIpc) is 2.21. The molecular weight excluding hydrogens is 246 g/mol.